The van der Waals surface area contributed by atoms with Gasteiger partial charge in [0, 0.05) is 12.7 Å². The summed E-state index contributed by atoms with van der Waals surface area (Å²) >= 11 is 0. The third kappa shape index (κ3) is 3.32. The molecule has 0 unspecified atom stereocenters. The molecular weight excluding hydrogens is 332 g/mol. The summed E-state index contributed by atoms with van der Waals surface area (Å²) in [7, 11) is 1.32. The van der Waals surface area contributed by atoms with Gasteiger partial charge in [-0.3, -0.25) is 14.2 Å². The molecule has 1 N–H and O–H groups in total. The number of rotatable bonds is 4. The number of para-hydroxylation sites is 1. The molecule has 0 saturated heterocycles. The lowest BCUT2D eigenvalue weighted by Gasteiger charge is -2.10. The molecule has 0 atom stereocenters. The highest BCUT2D eigenvalue weighted by Gasteiger charge is 2.18. The van der Waals surface area contributed by atoms with E-state index in [1.807, 2.05) is 19.1 Å². The zero-order chi connectivity index (χ0) is 18.7. The predicted octanol–water partition coefficient (Wildman–Crippen LogP) is 1.75. The number of amides is 1. The first kappa shape index (κ1) is 17.3. The Morgan fingerprint density at radius 3 is 2.31 bits per heavy atom. The molecule has 0 bridgehead atoms. The third-order valence-corrected chi connectivity index (χ3v) is 4.01. The van der Waals surface area contributed by atoms with Crippen LogP contribution in [-0.4, -0.2) is 20.3 Å². The van der Waals surface area contributed by atoms with Crippen LogP contribution in [0.3, 0.4) is 0 Å². The van der Waals surface area contributed by atoms with E-state index in [1.54, 1.807) is 42.5 Å². The molecule has 1 heterocycles. The number of carbonyl (C=O) groups is 1. The molecule has 26 heavy (non-hydrogen) atoms. The van der Waals surface area contributed by atoms with E-state index in [0.29, 0.717) is 11.4 Å². The number of aryl methyl sites for hydroxylation is 1. The molecule has 132 valence electrons. The van der Waals surface area contributed by atoms with Crippen molar-refractivity contribution in [2.75, 3.05) is 5.32 Å². The Balaban J connectivity index is 2.01. The van der Waals surface area contributed by atoms with Crippen molar-refractivity contribution in [3.05, 3.63) is 86.7 Å². The average molecular weight is 350 g/mol. The lowest BCUT2D eigenvalue weighted by atomic mass is 10.1. The molecule has 0 aliphatic rings. The van der Waals surface area contributed by atoms with Crippen LogP contribution in [-0.2, 0) is 13.5 Å². The van der Waals surface area contributed by atoms with Gasteiger partial charge in [-0.05, 0) is 36.2 Å². The van der Waals surface area contributed by atoms with Crippen LogP contribution >= 0.6 is 0 Å². The van der Waals surface area contributed by atoms with Crippen LogP contribution in [0, 0.1) is 0 Å². The Morgan fingerprint density at radius 2 is 1.69 bits per heavy atom. The molecule has 2 aromatic carbocycles. The first-order valence-electron chi connectivity index (χ1n) is 8.17. The molecule has 0 radical (unpaired) electrons. The molecule has 3 aromatic rings. The second-order valence-electron chi connectivity index (χ2n) is 5.75. The van der Waals surface area contributed by atoms with Gasteiger partial charge in [0.25, 0.3) is 11.5 Å². The number of carbonyl (C=O) groups excluding carboxylic acids is 1. The van der Waals surface area contributed by atoms with Gasteiger partial charge in [0.05, 0.1) is 5.69 Å². The quantitative estimate of drug-likeness (QED) is 0.777. The summed E-state index contributed by atoms with van der Waals surface area (Å²) in [6.07, 6.45) is 0.887. The minimum absolute atomic E-state index is 0.351. The highest BCUT2D eigenvalue weighted by molar-refractivity contribution is 6.02. The lowest BCUT2D eigenvalue weighted by Crippen LogP contribution is -2.43. The molecule has 0 fully saturated rings. The maximum atomic E-state index is 12.5. The van der Waals surface area contributed by atoms with Crippen molar-refractivity contribution in [1.82, 2.24) is 14.3 Å². The van der Waals surface area contributed by atoms with Gasteiger partial charge in [0.2, 0.25) is 5.69 Å². The van der Waals surface area contributed by atoms with Crippen molar-refractivity contribution >= 4 is 11.6 Å². The summed E-state index contributed by atoms with van der Waals surface area (Å²) in [5, 5.41) is 6.64. The SMILES string of the molecule is CCc1ccc(NC(=O)c2nn(-c3ccccc3)c(=O)n(C)c2=O)cc1. The van der Waals surface area contributed by atoms with Crippen molar-refractivity contribution in [3.63, 3.8) is 0 Å². The van der Waals surface area contributed by atoms with Crippen molar-refractivity contribution in [2.45, 2.75) is 13.3 Å². The third-order valence-electron chi connectivity index (χ3n) is 4.01. The topological polar surface area (TPSA) is 86.0 Å². The number of nitrogens with zero attached hydrogens (tertiary/aromatic N) is 3. The van der Waals surface area contributed by atoms with Gasteiger partial charge in [-0.1, -0.05) is 37.3 Å². The molecule has 1 aromatic heterocycles. The molecule has 1 amide bonds. The Labute approximate surface area is 149 Å². The number of aromatic nitrogens is 3. The van der Waals surface area contributed by atoms with Gasteiger partial charge >= 0.3 is 5.69 Å². The summed E-state index contributed by atoms with van der Waals surface area (Å²) in [6.45, 7) is 2.04. The number of anilines is 1. The van der Waals surface area contributed by atoms with Gasteiger partial charge in [-0.2, -0.15) is 9.78 Å². The monoisotopic (exact) mass is 350 g/mol. The average Bonchev–Trinajstić information content (AvgIpc) is 2.67. The van der Waals surface area contributed by atoms with Crippen LogP contribution in [0.4, 0.5) is 5.69 Å². The first-order chi connectivity index (χ1) is 12.5. The smallest absolute Gasteiger partial charge is 0.320 e. The maximum Gasteiger partial charge on any atom is 0.351 e. The first-order valence-corrected chi connectivity index (χ1v) is 8.17. The zero-order valence-electron chi connectivity index (χ0n) is 14.5. The summed E-state index contributed by atoms with van der Waals surface area (Å²) in [4.78, 5) is 37.2. The zero-order valence-corrected chi connectivity index (χ0v) is 14.5. The van der Waals surface area contributed by atoms with Crippen LogP contribution in [0.15, 0.2) is 64.2 Å². The number of hydrogen-bond acceptors (Lipinski definition) is 4. The van der Waals surface area contributed by atoms with E-state index in [4.69, 9.17) is 0 Å². The van der Waals surface area contributed by atoms with Gasteiger partial charge in [0.15, 0.2) is 0 Å². The van der Waals surface area contributed by atoms with Crippen molar-refractivity contribution in [1.29, 1.82) is 0 Å². The van der Waals surface area contributed by atoms with E-state index in [1.165, 1.54) is 7.05 Å². The van der Waals surface area contributed by atoms with Crippen molar-refractivity contribution in [2.24, 2.45) is 7.05 Å². The second-order valence-corrected chi connectivity index (χ2v) is 5.75. The second kappa shape index (κ2) is 7.18. The highest BCUT2D eigenvalue weighted by atomic mass is 16.2. The molecule has 0 aliphatic heterocycles. The summed E-state index contributed by atoms with van der Waals surface area (Å²) < 4.78 is 1.91. The van der Waals surface area contributed by atoms with Crippen molar-refractivity contribution in [3.8, 4) is 5.69 Å². The fraction of sp³-hybridized carbons (Fsp3) is 0.158. The van der Waals surface area contributed by atoms with Crippen LogP contribution in [0.2, 0.25) is 0 Å². The van der Waals surface area contributed by atoms with Gasteiger partial charge < -0.3 is 5.32 Å². The number of hydrogen-bond donors (Lipinski definition) is 1. The molecule has 3 rings (SSSR count). The minimum Gasteiger partial charge on any atom is -0.320 e. The Hall–Kier alpha value is -3.48. The predicted molar refractivity (Wildman–Crippen MR) is 98.8 cm³/mol. The molecule has 0 spiro atoms. The fourth-order valence-corrected chi connectivity index (χ4v) is 2.47. The molecule has 7 heteroatoms. The maximum absolute atomic E-state index is 12.5. The summed E-state index contributed by atoms with van der Waals surface area (Å²) in [5.41, 5.74) is 0.433. The van der Waals surface area contributed by atoms with E-state index in [-0.39, 0.29) is 5.69 Å². The number of nitrogens with one attached hydrogen (secondary N) is 1. The molecule has 0 saturated carbocycles. The lowest BCUT2D eigenvalue weighted by molar-refractivity contribution is 0.101. The Kier molecular flexibility index (Phi) is 4.79. The van der Waals surface area contributed by atoms with Gasteiger partial charge in [-0.25, -0.2) is 4.79 Å². The van der Waals surface area contributed by atoms with E-state index in [0.717, 1.165) is 21.2 Å². The standard InChI is InChI=1S/C19H18N4O3/c1-3-13-9-11-14(12-10-13)20-17(24)16-18(25)22(2)19(26)23(21-16)15-7-5-4-6-8-15/h4-12H,3H2,1-2H3,(H,20,24). The summed E-state index contributed by atoms with van der Waals surface area (Å²) in [5.74, 6) is -0.667. The largest absolute Gasteiger partial charge is 0.351 e. The molecule has 7 nitrogen and oxygen atoms in total. The number of benzene rings is 2. The minimum atomic E-state index is -0.746. The van der Waals surface area contributed by atoms with Gasteiger partial charge in [-0.15, -0.1) is 0 Å². The van der Waals surface area contributed by atoms with Crippen LogP contribution in [0.25, 0.3) is 5.69 Å². The fourth-order valence-electron chi connectivity index (χ4n) is 2.47. The highest BCUT2D eigenvalue weighted by Crippen LogP contribution is 2.10. The van der Waals surface area contributed by atoms with E-state index in [9.17, 15) is 14.4 Å². The van der Waals surface area contributed by atoms with Gasteiger partial charge in [0.1, 0.15) is 0 Å². The Bertz CT molecular complexity index is 1050. The normalized spacial score (nSPS) is 10.5. The van der Waals surface area contributed by atoms with E-state index in [2.05, 4.69) is 10.4 Å². The van der Waals surface area contributed by atoms with E-state index >= 15 is 0 Å². The van der Waals surface area contributed by atoms with Crippen LogP contribution < -0.4 is 16.6 Å². The van der Waals surface area contributed by atoms with Crippen LogP contribution in [0.1, 0.15) is 23.0 Å². The molecule has 0 aliphatic carbocycles. The Morgan fingerprint density at radius 1 is 1.04 bits per heavy atom. The summed E-state index contributed by atoms with van der Waals surface area (Å²) in [6, 6.07) is 15.9. The van der Waals surface area contributed by atoms with E-state index < -0.39 is 17.2 Å². The van der Waals surface area contributed by atoms with Crippen molar-refractivity contribution < 1.29 is 4.79 Å². The molecular formula is C19H18N4O3. The van der Waals surface area contributed by atoms with Crippen LogP contribution in [0.5, 0.6) is 0 Å².